The maximum atomic E-state index is 14.0. The fourth-order valence-electron chi connectivity index (χ4n) is 3.03. The molecule has 1 N–H and O–H groups in total. The SMILES string of the molecule is COc1ccc(F)c(F)c1CN1CCC(c2n[nH]c(C)n2)CC1. The molecule has 0 bridgehead atoms. The van der Waals surface area contributed by atoms with Crippen LogP contribution in [-0.2, 0) is 6.54 Å². The Morgan fingerprint density at radius 1 is 1.30 bits per heavy atom. The first-order valence-corrected chi connectivity index (χ1v) is 7.70. The van der Waals surface area contributed by atoms with E-state index in [0.29, 0.717) is 18.2 Å². The Balaban J connectivity index is 1.66. The number of hydrogen-bond donors (Lipinski definition) is 1. The lowest BCUT2D eigenvalue weighted by molar-refractivity contribution is 0.196. The monoisotopic (exact) mass is 322 g/mol. The molecule has 0 spiro atoms. The van der Waals surface area contributed by atoms with E-state index in [-0.39, 0.29) is 5.56 Å². The first-order chi connectivity index (χ1) is 11.1. The number of methoxy groups -OCH3 is 1. The van der Waals surface area contributed by atoms with Gasteiger partial charge in [0.25, 0.3) is 0 Å². The number of halogens is 2. The molecule has 0 saturated carbocycles. The number of ether oxygens (including phenoxy) is 1. The normalized spacial score (nSPS) is 16.7. The smallest absolute Gasteiger partial charge is 0.167 e. The van der Waals surface area contributed by atoms with Crippen molar-refractivity contribution in [1.29, 1.82) is 0 Å². The van der Waals surface area contributed by atoms with Gasteiger partial charge >= 0.3 is 0 Å². The molecule has 7 heteroatoms. The lowest BCUT2D eigenvalue weighted by Gasteiger charge is -2.31. The lowest BCUT2D eigenvalue weighted by Crippen LogP contribution is -2.33. The van der Waals surface area contributed by atoms with Gasteiger partial charge in [-0.2, -0.15) is 5.10 Å². The van der Waals surface area contributed by atoms with Gasteiger partial charge < -0.3 is 4.74 Å². The predicted octanol–water partition coefficient (Wildman–Crippen LogP) is 2.78. The Labute approximate surface area is 133 Å². The molecule has 0 unspecified atom stereocenters. The average Bonchev–Trinajstić information content (AvgIpc) is 2.99. The van der Waals surface area contributed by atoms with Crippen LogP contribution in [0.25, 0.3) is 0 Å². The molecular formula is C16H20F2N4O. The number of aryl methyl sites for hydroxylation is 1. The summed E-state index contributed by atoms with van der Waals surface area (Å²) < 4.78 is 32.7. The molecule has 1 saturated heterocycles. The number of H-pyrrole nitrogens is 1. The highest BCUT2D eigenvalue weighted by Crippen LogP contribution is 2.29. The molecule has 0 amide bonds. The highest BCUT2D eigenvalue weighted by atomic mass is 19.2. The van der Waals surface area contributed by atoms with Crippen LogP contribution in [0, 0.1) is 18.6 Å². The summed E-state index contributed by atoms with van der Waals surface area (Å²) in [7, 11) is 1.47. The number of likely N-dealkylation sites (tertiary alicyclic amines) is 1. The second kappa shape index (κ2) is 6.62. The molecule has 3 rings (SSSR count). The van der Waals surface area contributed by atoms with Gasteiger partial charge in [-0.25, -0.2) is 13.8 Å². The average molecular weight is 322 g/mol. The molecule has 5 nitrogen and oxygen atoms in total. The first kappa shape index (κ1) is 15.9. The molecule has 23 heavy (non-hydrogen) atoms. The van der Waals surface area contributed by atoms with Crippen LogP contribution < -0.4 is 4.74 Å². The number of benzene rings is 1. The molecule has 0 atom stereocenters. The van der Waals surface area contributed by atoms with Gasteiger partial charge in [0.1, 0.15) is 11.6 Å². The van der Waals surface area contributed by atoms with Crippen LogP contribution in [0.2, 0.25) is 0 Å². The lowest BCUT2D eigenvalue weighted by atomic mass is 9.95. The number of nitrogens with zero attached hydrogens (tertiary/aromatic N) is 3. The third-order valence-corrected chi connectivity index (χ3v) is 4.32. The zero-order valence-corrected chi connectivity index (χ0v) is 13.3. The van der Waals surface area contributed by atoms with Crippen molar-refractivity contribution < 1.29 is 13.5 Å². The third kappa shape index (κ3) is 3.34. The fraction of sp³-hybridized carbons (Fsp3) is 0.500. The summed E-state index contributed by atoms with van der Waals surface area (Å²) in [6.07, 6.45) is 1.80. The van der Waals surface area contributed by atoms with E-state index in [0.717, 1.165) is 43.6 Å². The number of nitrogens with one attached hydrogen (secondary N) is 1. The van der Waals surface area contributed by atoms with E-state index in [4.69, 9.17) is 4.74 Å². The topological polar surface area (TPSA) is 54.0 Å². The van der Waals surface area contributed by atoms with E-state index in [1.807, 2.05) is 6.92 Å². The molecule has 2 heterocycles. The molecular weight excluding hydrogens is 302 g/mol. The molecule has 1 aliphatic heterocycles. The Bertz CT molecular complexity index is 681. The number of aromatic amines is 1. The van der Waals surface area contributed by atoms with Gasteiger partial charge in [-0.05, 0) is 45.0 Å². The summed E-state index contributed by atoms with van der Waals surface area (Å²) >= 11 is 0. The van der Waals surface area contributed by atoms with Crippen molar-refractivity contribution in [3.05, 3.63) is 41.0 Å². The minimum absolute atomic E-state index is 0.277. The van der Waals surface area contributed by atoms with E-state index >= 15 is 0 Å². The maximum Gasteiger partial charge on any atom is 0.167 e. The predicted molar refractivity (Wildman–Crippen MR) is 81.3 cm³/mol. The highest BCUT2D eigenvalue weighted by Gasteiger charge is 2.25. The van der Waals surface area contributed by atoms with Gasteiger partial charge in [0, 0.05) is 18.0 Å². The van der Waals surface area contributed by atoms with Crippen molar-refractivity contribution in [1.82, 2.24) is 20.1 Å². The number of piperidine rings is 1. The molecule has 124 valence electrons. The van der Waals surface area contributed by atoms with E-state index in [9.17, 15) is 8.78 Å². The van der Waals surface area contributed by atoms with E-state index in [1.54, 1.807) is 0 Å². The molecule has 1 aromatic carbocycles. The van der Waals surface area contributed by atoms with Gasteiger partial charge in [0.2, 0.25) is 0 Å². The van der Waals surface area contributed by atoms with Crippen molar-refractivity contribution >= 4 is 0 Å². The number of aromatic nitrogens is 3. The second-order valence-electron chi connectivity index (χ2n) is 5.87. The Morgan fingerprint density at radius 3 is 2.65 bits per heavy atom. The molecule has 1 aromatic heterocycles. The van der Waals surface area contributed by atoms with Crippen LogP contribution in [0.4, 0.5) is 8.78 Å². The molecule has 1 fully saturated rings. The Kier molecular flexibility index (Phi) is 4.56. The van der Waals surface area contributed by atoms with Crippen LogP contribution in [0.1, 0.15) is 36.0 Å². The van der Waals surface area contributed by atoms with E-state index in [1.165, 1.54) is 13.2 Å². The van der Waals surface area contributed by atoms with E-state index in [2.05, 4.69) is 20.1 Å². The maximum absolute atomic E-state index is 14.0. The van der Waals surface area contributed by atoms with Crippen LogP contribution >= 0.6 is 0 Å². The van der Waals surface area contributed by atoms with Crippen LogP contribution in [0.3, 0.4) is 0 Å². The first-order valence-electron chi connectivity index (χ1n) is 7.70. The van der Waals surface area contributed by atoms with Crippen molar-refractivity contribution in [3.8, 4) is 5.75 Å². The largest absolute Gasteiger partial charge is 0.496 e. The van der Waals surface area contributed by atoms with Crippen LogP contribution in [0.5, 0.6) is 5.75 Å². The molecule has 1 aliphatic rings. The zero-order chi connectivity index (χ0) is 16.4. The summed E-state index contributed by atoms with van der Waals surface area (Å²) in [6, 6.07) is 2.56. The van der Waals surface area contributed by atoms with Crippen molar-refractivity contribution in [3.63, 3.8) is 0 Å². The summed E-state index contributed by atoms with van der Waals surface area (Å²) in [5.74, 6) is 0.694. The Hall–Kier alpha value is -2.02. The molecule has 0 radical (unpaired) electrons. The highest BCUT2D eigenvalue weighted by molar-refractivity contribution is 5.35. The summed E-state index contributed by atoms with van der Waals surface area (Å²) in [5, 5.41) is 7.08. The number of rotatable bonds is 4. The molecule has 0 aliphatic carbocycles. The third-order valence-electron chi connectivity index (χ3n) is 4.32. The minimum atomic E-state index is -0.841. The summed E-state index contributed by atoms with van der Waals surface area (Å²) in [4.78, 5) is 6.49. The minimum Gasteiger partial charge on any atom is -0.496 e. The standard InChI is InChI=1S/C16H20F2N4O/c1-10-19-16(21-20-10)11-5-7-22(8-6-11)9-12-14(23-2)4-3-13(17)15(12)18/h3-4,11H,5-9H2,1-2H3,(H,19,20,21). The van der Waals surface area contributed by atoms with Crippen molar-refractivity contribution in [2.24, 2.45) is 0 Å². The van der Waals surface area contributed by atoms with E-state index < -0.39 is 11.6 Å². The van der Waals surface area contributed by atoms with Gasteiger partial charge in [-0.15, -0.1) is 0 Å². The summed E-state index contributed by atoms with van der Waals surface area (Å²) in [5.41, 5.74) is 0.277. The van der Waals surface area contributed by atoms with Crippen LogP contribution in [0.15, 0.2) is 12.1 Å². The van der Waals surface area contributed by atoms with Gasteiger partial charge in [0.05, 0.1) is 7.11 Å². The number of hydrogen-bond acceptors (Lipinski definition) is 4. The quantitative estimate of drug-likeness (QED) is 0.940. The Morgan fingerprint density at radius 2 is 2.04 bits per heavy atom. The van der Waals surface area contributed by atoms with Gasteiger partial charge in [-0.3, -0.25) is 10.00 Å². The zero-order valence-electron chi connectivity index (χ0n) is 13.3. The second-order valence-corrected chi connectivity index (χ2v) is 5.87. The fourth-order valence-corrected chi connectivity index (χ4v) is 3.03. The molecule has 2 aromatic rings. The van der Waals surface area contributed by atoms with Crippen molar-refractivity contribution in [2.45, 2.75) is 32.2 Å². The van der Waals surface area contributed by atoms with Gasteiger partial charge in [0.15, 0.2) is 17.5 Å². The van der Waals surface area contributed by atoms with Crippen molar-refractivity contribution in [2.75, 3.05) is 20.2 Å². The summed E-state index contributed by atoms with van der Waals surface area (Å²) in [6.45, 7) is 3.80. The van der Waals surface area contributed by atoms with Crippen LogP contribution in [-0.4, -0.2) is 40.3 Å². The van der Waals surface area contributed by atoms with Gasteiger partial charge in [-0.1, -0.05) is 0 Å².